The lowest BCUT2D eigenvalue weighted by atomic mass is 10.2. The minimum Gasteiger partial charge on any atom is -0.436 e. The number of amides is 1. The van der Waals surface area contributed by atoms with Crippen LogP contribution in [0.5, 0.6) is 0 Å². The highest BCUT2D eigenvalue weighted by Crippen LogP contribution is 2.26. The molecule has 0 spiro atoms. The molecule has 0 fully saturated rings. The molecule has 9 heteroatoms. The number of anilines is 1. The highest BCUT2D eigenvalue weighted by molar-refractivity contribution is 7.80. The van der Waals surface area contributed by atoms with Gasteiger partial charge in [0.2, 0.25) is 5.89 Å². The number of nitrogens with zero attached hydrogens (tertiary/aromatic N) is 2. The second kappa shape index (κ2) is 8.16. The molecule has 144 valence electrons. The molecule has 0 aliphatic rings. The van der Waals surface area contributed by atoms with Gasteiger partial charge >= 0.3 is 0 Å². The zero-order chi connectivity index (χ0) is 20.4. The number of hydrogen-bond acceptors (Lipinski definition) is 5. The lowest BCUT2D eigenvalue weighted by Crippen LogP contribution is -2.34. The minimum absolute atomic E-state index is 0.123. The van der Waals surface area contributed by atoms with Gasteiger partial charge in [-0.2, -0.15) is 0 Å². The van der Waals surface area contributed by atoms with E-state index in [0.717, 1.165) is 5.56 Å². The molecule has 6 nitrogen and oxygen atoms in total. The van der Waals surface area contributed by atoms with Crippen LogP contribution in [0.1, 0.15) is 10.4 Å². The van der Waals surface area contributed by atoms with Crippen molar-refractivity contribution in [2.75, 3.05) is 5.32 Å². The van der Waals surface area contributed by atoms with Crippen molar-refractivity contribution in [2.24, 2.45) is 0 Å². The van der Waals surface area contributed by atoms with Crippen LogP contribution in [-0.2, 0) is 0 Å². The average molecular weight is 443 g/mol. The van der Waals surface area contributed by atoms with E-state index in [9.17, 15) is 4.79 Å². The number of benzene rings is 2. The van der Waals surface area contributed by atoms with Gasteiger partial charge in [-0.1, -0.05) is 23.2 Å². The minimum atomic E-state index is -0.438. The van der Waals surface area contributed by atoms with Crippen molar-refractivity contribution in [1.29, 1.82) is 0 Å². The van der Waals surface area contributed by atoms with Gasteiger partial charge in [0.15, 0.2) is 10.7 Å². The Balaban J connectivity index is 1.48. The van der Waals surface area contributed by atoms with Crippen LogP contribution in [0.4, 0.5) is 5.69 Å². The van der Waals surface area contributed by atoms with E-state index in [1.165, 1.54) is 12.1 Å². The molecule has 29 heavy (non-hydrogen) atoms. The molecule has 0 aliphatic carbocycles. The Morgan fingerprint density at radius 1 is 1.03 bits per heavy atom. The van der Waals surface area contributed by atoms with Gasteiger partial charge in [-0.25, -0.2) is 4.98 Å². The molecule has 2 heterocycles. The van der Waals surface area contributed by atoms with E-state index in [2.05, 4.69) is 20.6 Å². The van der Waals surface area contributed by atoms with Crippen LogP contribution < -0.4 is 10.6 Å². The lowest BCUT2D eigenvalue weighted by molar-refractivity contribution is 0.0978. The van der Waals surface area contributed by atoms with E-state index in [1.54, 1.807) is 36.7 Å². The van der Waals surface area contributed by atoms with E-state index in [4.69, 9.17) is 39.8 Å². The van der Waals surface area contributed by atoms with Crippen molar-refractivity contribution in [3.8, 4) is 11.5 Å². The Kier molecular flexibility index (Phi) is 5.44. The van der Waals surface area contributed by atoms with Crippen LogP contribution in [0.15, 0.2) is 65.3 Å². The first-order chi connectivity index (χ1) is 14.0. The normalized spacial score (nSPS) is 10.7. The summed E-state index contributed by atoms with van der Waals surface area (Å²) in [7, 11) is 0. The summed E-state index contributed by atoms with van der Waals surface area (Å²) in [4.78, 5) is 20.8. The highest BCUT2D eigenvalue weighted by atomic mass is 35.5. The number of fused-ring (bicyclic) bond motifs is 1. The van der Waals surface area contributed by atoms with Crippen molar-refractivity contribution in [2.45, 2.75) is 0 Å². The Hall–Kier alpha value is -3.00. The molecule has 0 atom stereocenters. The fraction of sp³-hybridized carbons (Fsp3) is 0. The molecule has 0 radical (unpaired) electrons. The summed E-state index contributed by atoms with van der Waals surface area (Å²) in [5.74, 6) is 0.0551. The fourth-order valence-electron chi connectivity index (χ4n) is 2.63. The van der Waals surface area contributed by atoms with E-state index in [1.807, 2.05) is 12.1 Å². The summed E-state index contributed by atoms with van der Waals surface area (Å²) >= 11 is 17.1. The summed E-state index contributed by atoms with van der Waals surface area (Å²) in [5, 5.41) is 6.35. The van der Waals surface area contributed by atoms with E-state index < -0.39 is 5.91 Å². The van der Waals surface area contributed by atoms with E-state index in [-0.39, 0.29) is 15.7 Å². The number of rotatable bonds is 3. The first-order valence-corrected chi connectivity index (χ1v) is 9.54. The van der Waals surface area contributed by atoms with Crippen LogP contribution in [-0.4, -0.2) is 21.0 Å². The molecule has 2 aromatic carbocycles. The summed E-state index contributed by atoms with van der Waals surface area (Å²) < 4.78 is 5.76. The van der Waals surface area contributed by atoms with Crippen LogP contribution in [0.3, 0.4) is 0 Å². The number of hydrogen-bond donors (Lipinski definition) is 2. The molecule has 4 rings (SSSR count). The van der Waals surface area contributed by atoms with Gasteiger partial charge in [-0.3, -0.25) is 15.1 Å². The van der Waals surface area contributed by atoms with Crippen molar-refractivity contribution in [3.05, 3.63) is 76.5 Å². The second-order valence-electron chi connectivity index (χ2n) is 5.97. The fourth-order valence-corrected chi connectivity index (χ4v) is 3.33. The zero-order valence-corrected chi connectivity index (χ0v) is 17.0. The van der Waals surface area contributed by atoms with Gasteiger partial charge in [0.05, 0.1) is 10.6 Å². The third-order valence-corrected chi connectivity index (χ3v) is 4.73. The maximum atomic E-state index is 12.4. The quantitative estimate of drug-likeness (QED) is 0.417. The van der Waals surface area contributed by atoms with Crippen LogP contribution >= 0.6 is 35.4 Å². The van der Waals surface area contributed by atoms with Gasteiger partial charge < -0.3 is 9.73 Å². The Morgan fingerprint density at radius 3 is 2.59 bits per heavy atom. The van der Waals surface area contributed by atoms with Crippen molar-refractivity contribution < 1.29 is 9.21 Å². The number of carbonyl (C=O) groups is 1. The number of halogens is 2. The highest BCUT2D eigenvalue weighted by Gasteiger charge is 2.13. The smallest absolute Gasteiger partial charge is 0.258 e. The molecule has 0 saturated carbocycles. The third-order valence-electron chi connectivity index (χ3n) is 3.98. The predicted molar refractivity (Wildman–Crippen MR) is 117 cm³/mol. The molecule has 1 amide bonds. The average Bonchev–Trinajstić information content (AvgIpc) is 3.12. The number of thiocarbonyl (C=S) groups is 1. The molecule has 2 aromatic heterocycles. The van der Waals surface area contributed by atoms with Gasteiger partial charge in [0, 0.05) is 28.7 Å². The summed E-state index contributed by atoms with van der Waals surface area (Å²) in [6.45, 7) is 0. The Morgan fingerprint density at radius 2 is 1.83 bits per heavy atom. The Bertz CT molecular complexity index is 1230. The molecule has 0 bridgehead atoms. The summed E-state index contributed by atoms with van der Waals surface area (Å²) in [5.41, 5.74) is 3.03. The summed E-state index contributed by atoms with van der Waals surface area (Å²) in [6.07, 6.45) is 3.34. The molecule has 0 unspecified atom stereocenters. The zero-order valence-electron chi connectivity index (χ0n) is 14.6. The lowest BCUT2D eigenvalue weighted by Gasteiger charge is -2.10. The number of carbonyl (C=O) groups excluding carboxylic acids is 1. The molecular weight excluding hydrogens is 431 g/mol. The van der Waals surface area contributed by atoms with Gasteiger partial charge in [0.25, 0.3) is 5.91 Å². The predicted octanol–water partition coefficient (Wildman–Crippen LogP) is 5.32. The number of oxazole rings is 1. The molecule has 0 aliphatic heterocycles. The van der Waals surface area contributed by atoms with Crippen LogP contribution in [0, 0.1) is 0 Å². The monoisotopic (exact) mass is 442 g/mol. The SMILES string of the molecule is O=C(NC(=S)Nc1ccc2oc(-c3ccncc3)nc2c1)c1ccc(Cl)cc1Cl. The van der Waals surface area contributed by atoms with Crippen molar-refractivity contribution in [3.63, 3.8) is 0 Å². The van der Waals surface area contributed by atoms with Crippen LogP contribution in [0.2, 0.25) is 10.0 Å². The van der Waals surface area contributed by atoms with E-state index in [0.29, 0.717) is 27.7 Å². The third kappa shape index (κ3) is 4.37. The number of pyridine rings is 1. The number of aromatic nitrogens is 2. The van der Waals surface area contributed by atoms with Gasteiger partial charge in [-0.15, -0.1) is 0 Å². The molecule has 2 N–H and O–H groups in total. The maximum Gasteiger partial charge on any atom is 0.258 e. The van der Waals surface area contributed by atoms with Crippen molar-refractivity contribution >= 4 is 63.2 Å². The topological polar surface area (TPSA) is 80.0 Å². The first kappa shape index (κ1) is 19.3. The standard InChI is InChI=1S/C20H12Cl2N4O2S/c21-12-1-3-14(15(22)9-12)18(27)26-20(29)24-13-2-4-17-16(10-13)25-19(28-17)11-5-7-23-8-6-11/h1-10H,(H2,24,26,27,29). The van der Waals surface area contributed by atoms with E-state index >= 15 is 0 Å². The molecular formula is C20H12Cl2N4O2S. The molecule has 4 aromatic rings. The summed E-state index contributed by atoms with van der Waals surface area (Å²) in [6, 6.07) is 13.6. The number of nitrogens with one attached hydrogen (secondary N) is 2. The second-order valence-corrected chi connectivity index (χ2v) is 7.22. The van der Waals surface area contributed by atoms with Crippen molar-refractivity contribution in [1.82, 2.24) is 15.3 Å². The van der Waals surface area contributed by atoms with Crippen LogP contribution in [0.25, 0.3) is 22.6 Å². The molecule has 0 saturated heterocycles. The first-order valence-electron chi connectivity index (χ1n) is 8.38. The van der Waals surface area contributed by atoms with Gasteiger partial charge in [0.1, 0.15) is 5.52 Å². The maximum absolute atomic E-state index is 12.4. The Labute approximate surface area is 180 Å². The van der Waals surface area contributed by atoms with Gasteiger partial charge in [-0.05, 0) is 60.7 Å². The largest absolute Gasteiger partial charge is 0.436 e.